The highest BCUT2D eigenvalue weighted by Gasteiger charge is 2.35. The molecule has 0 bridgehead atoms. The van der Waals surface area contributed by atoms with Crippen LogP contribution in [0.2, 0.25) is 0 Å². The standard InChI is InChI=1S/C17H24N2O6S/c1-4-19(13-7-8-26(22,23)11-13)17(21)16(20)18-10-12-5-6-14(24-2)15(9-12)25-3/h5-6,9,13H,4,7-8,10-11H2,1-3H3,(H,18,20). The number of nitrogens with zero attached hydrogens (tertiary/aromatic N) is 1. The van der Waals surface area contributed by atoms with E-state index in [4.69, 9.17) is 9.47 Å². The average molecular weight is 384 g/mol. The Labute approximate surface area is 153 Å². The molecule has 9 heteroatoms. The second-order valence-corrected chi connectivity index (χ2v) is 8.25. The first-order chi connectivity index (χ1) is 12.3. The molecule has 1 aliphatic heterocycles. The highest BCUT2D eigenvalue weighted by Crippen LogP contribution is 2.27. The minimum absolute atomic E-state index is 0.0503. The maximum Gasteiger partial charge on any atom is 0.312 e. The Morgan fingerprint density at radius 1 is 1.23 bits per heavy atom. The Balaban J connectivity index is 1.99. The molecule has 1 atom stereocenters. The van der Waals surface area contributed by atoms with Crippen LogP contribution in [0.5, 0.6) is 11.5 Å². The molecule has 0 radical (unpaired) electrons. The van der Waals surface area contributed by atoms with Gasteiger partial charge in [0.15, 0.2) is 21.3 Å². The molecule has 1 unspecified atom stereocenters. The summed E-state index contributed by atoms with van der Waals surface area (Å²) < 4.78 is 33.6. The lowest BCUT2D eigenvalue weighted by molar-refractivity contribution is -0.147. The van der Waals surface area contributed by atoms with Crippen molar-refractivity contribution in [3.8, 4) is 11.5 Å². The zero-order valence-corrected chi connectivity index (χ0v) is 16.0. The molecular weight excluding hydrogens is 360 g/mol. The Hall–Kier alpha value is -2.29. The van der Waals surface area contributed by atoms with Gasteiger partial charge in [0, 0.05) is 19.1 Å². The van der Waals surface area contributed by atoms with Crippen LogP contribution < -0.4 is 14.8 Å². The summed E-state index contributed by atoms with van der Waals surface area (Å²) in [5.74, 6) is -0.416. The Kier molecular flexibility index (Phi) is 6.47. The lowest BCUT2D eigenvalue weighted by Crippen LogP contribution is -2.48. The van der Waals surface area contributed by atoms with Gasteiger partial charge in [-0.25, -0.2) is 8.42 Å². The first-order valence-electron chi connectivity index (χ1n) is 8.31. The molecule has 1 heterocycles. The number of nitrogens with one attached hydrogen (secondary N) is 1. The lowest BCUT2D eigenvalue weighted by Gasteiger charge is -2.26. The number of rotatable bonds is 6. The minimum atomic E-state index is -3.13. The smallest absolute Gasteiger partial charge is 0.312 e. The van der Waals surface area contributed by atoms with Crippen LogP contribution in [0.15, 0.2) is 18.2 Å². The summed E-state index contributed by atoms with van der Waals surface area (Å²) in [5.41, 5.74) is 0.746. The molecule has 0 aromatic heterocycles. The summed E-state index contributed by atoms with van der Waals surface area (Å²) in [7, 11) is -0.0900. The van der Waals surface area contributed by atoms with Crippen molar-refractivity contribution in [3.63, 3.8) is 0 Å². The van der Waals surface area contributed by atoms with Crippen LogP contribution in [0, 0.1) is 0 Å². The van der Waals surface area contributed by atoms with Crippen molar-refractivity contribution in [2.45, 2.75) is 25.9 Å². The van der Waals surface area contributed by atoms with Gasteiger partial charge in [-0.1, -0.05) is 6.07 Å². The van der Waals surface area contributed by atoms with Gasteiger partial charge in [0.1, 0.15) is 0 Å². The highest BCUT2D eigenvalue weighted by atomic mass is 32.2. The molecule has 0 saturated carbocycles. The number of benzene rings is 1. The zero-order chi connectivity index (χ0) is 19.3. The highest BCUT2D eigenvalue weighted by molar-refractivity contribution is 7.91. The number of carbonyl (C=O) groups is 2. The predicted octanol–water partition coefficient (Wildman–Crippen LogP) is 0.356. The fourth-order valence-corrected chi connectivity index (χ4v) is 4.70. The van der Waals surface area contributed by atoms with Gasteiger partial charge < -0.3 is 19.7 Å². The fraction of sp³-hybridized carbons (Fsp3) is 0.529. The van der Waals surface area contributed by atoms with Crippen LogP contribution in [-0.4, -0.2) is 63.4 Å². The third-order valence-electron chi connectivity index (χ3n) is 4.35. The van der Waals surface area contributed by atoms with Gasteiger partial charge in [-0.05, 0) is 31.0 Å². The van der Waals surface area contributed by atoms with Crippen molar-refractivity contribution in [2.24, 2.45) is 0 Å². The largest absolute Gasteiger partial charge is 0.493 e. The van der Waals surface area contributed by atoms with Crippen molar-refractivity contribution >= 4 is 21.7 Å². The quantitative estimate of drug-likeness (QED) is 0.711. The Morgan fingerprint density at radius 3 is 2.46 bits per heavy atom. The van der Waals surface area contributed by atoms with E-state index in [1.807, 2.05) is 0 Å². The Bertz CT molecular complexity index is 777. The molecule has 1 aromatic carbocycles. The van der Waals surface area contributed by atoms with Crippen molar-refractivity contribution in [3.05, 3.63) is 23.8 Å². The maximum absolute atomic E-state index is 12.4. The maximum atomic E-state index is 12.4. The molecule has 2 rings (SSSR count). The van der Waals surface area contributed by atoms with E-state index in [0.717, 1.165) is 5.56 Å². The number of amides is 2. The van der Waals surface area contributed by atoms with E-state index in [1.165, 1.54) is 19.1 Å². The van der Waals surface area contributed by atoms with Gasteiger partial charge in [0.25, 0.3) is 0 Å². The predicted molar refractivity (Wildman–Crippen MR) is 95.8 cm³/mol. The van der Waals surface area contributed by atoms with Crippen molar-refractivity contribution < 1.29 is 27.5 Å². The second kappa shape index (κ2) is 8.39. The van der Waals surface area contributed by atoms with Crippen molar-refractivity contribution in [1.82, 2.24) is 10.2 Å². The number of methoxy groups -OCH3 is 2. The van der Waals surface area contributed by atoms with E-state index in [0.29, 0.717) is 17.9 Å². The molecule has 0 spiro atoms. The first kappa shape index (κ1) is 20.0. The molecular formula is C17H24N2O6S. The van der Waals surface area contributed by atoms with E-state index < -0.39 is 27.7 Å². The average Bonchev–Trinajstić information content (AvgIpc) is 2.99. The van der Waals surface area contributed by atoms with Gasteiger partial charge in [0.05, 0.1) is 25.7 Å². The Morgan fingerprint density at radius 2 is 1.92 bits per heavy atom. The van der Waals surface area contributed by atoms with Crippen molar-refractivity contribution in [1.29, 1.82) is 0 Å². The number of carbonyl (C=O) groups excluding carboxylic acids is 2. The van der Waals surface area contributed by atoms with Gasteiger partial charge in [-0.15, -0.1) is 0 Å². The van der Waals surface area contributed by atoms with Crippen molar-refractivity contribution in [2.75, 3.05) is 32.3 Å². The zero-order valence-electron chi connectivity index (χ0n) is 15.1. The molecule has 1 N–H and O–H groups in total. The number of sulfone groups is 1. The molecule has 26 heavy (non-hydrogen) atoms. The summed E-state index contributed by atoms with van der Waals surface area (Å²) in [6.45, 7) is 2.15. The van der Waals surface area contributed by atoms with E-state index in [2.05, 4.69) is 5.32 Å². The van der Waals surface area contributed by atoms with Crippen LogP contribution in [0.25, 0.3) is 0 Å². The first-order valence-corrected chi connectivity index (χ1v) is 10.1. The van der Waals surface area contributed by atoms with Crippen LogP contribution in [0.1, 0.15) is 18.9 Å². The lowest BCUT2D eigenvalue weighted by atomic mass is 10.2. The topological polar surface area (TPSA) is 102 Å². The van der Waals surface area contributed by atoms with Crippen LogP contribution >= 0.6 is 0 Å². The summed E-state index contributed by atoms with van der Waals surface area (Å²) in [6.07, 6.45) is 0.366. The third kappa shape index (κ3) is 4.66. The SMILES string of the molecule is CCN(C(=O)C(=O)NCc1ccc(OC)c(OC)c1)C1CCS(=O)(=O)C1. The number of likely N-dealkylation sites (N-methyl/N-ethyl adjacent to an activating group) is 1. The van der Waals surface area contributed by atoms with Crippen LogP contribution in [0.4, 0.5) is 0 Å². The molecule has 8 nitrogen and oxygen atoms in total. The number of hydrogen-bond acceptors (Lipinski definition) is 6. The van der Waals surface area contributed by atoms with Gasteiger partial charge in [0.2, 0.25) is 0 Å². The van der Waals surface area contributed by atoms with Gasteiger partial charge in [-0.2, -0.15) is 0 Å². The molecule has 144 valence electrons. The molecule has 1 aliphatic rings. The minimum Gasteiger partial charge on any atom is -0.493 e. The summed E-state index contributed by atoms with van der Waals surface area (Å²) in [5, 5.41) is 2.57. The van der Waals surface area contributed by atoms with Gasteiger partial charge in [-0.3, -0.25) is 9.59 Å². The number of hydrogen-bond donors (Lipinski definition) is 1. The van der Waals surface area contributed by atoms with Crippen LogP contribution in [-0.2, 0) is 26.0 Å². The molecule has 1 aromatic rings. The monoisotopic (exact) mass is 384 g/mol. The molecule has 1 saturated heterocycles. The second-order valence-electron chi connectivity index (χ2n) is 6.02. The molecule has 1 fully saturated rings. The summed E-state index contributed by atoms with van der Waals surface area (Å²) in [4.78, 5) is 25.9. The van der Waals surface area contributed by atoms with E-state index in [1.54, 1.807) is 25.1 Å². The number of ether oxygens (including phenoxy) is 2. The molecule has 2 amide bonds. The summed E-state index contributed by atoms with van der Waals surface area (Å²) in [6, 6.07) is 4.74. The van der Waals surface area contributed by atoms with Gasteiger partial charge >= 0.3 is 11.8 Å². The fourth-order valence-electron chi connectivity index (χ4n) is 2.97. The third-order valence-corrected chi connectivity index (χ3v) is 6.10. The normalized spacial score (nSPS) is 18.2. The van der Waals surface area contributed by atoms with E-state index >= 15 is 0 Å². The molecule has 0 aliphatic carbocycles. The van der Waals surface area contributed by atoms with Crippen LogP contribution in [0.3, 0.4) is 0 Å². The van der Waals surface area contributed by atoms with E-state index in [9.17, 15) is 18.0 Å². The summed E-state index contributed by atoms with van der Waals surface area (Å²) >= 11 is 0. The van der Waals surface area contributed by atoms with E-state index in [-0.39, 0.29) is 24.6 Å².